The van der Waals surface area contributed by atoms with Crippen LogP contribution < -0.4 is 10.6 Å². The third-order valence-corrected chi connectivity index (χ3v) is 2.94. The van der Waals surface area contributed by atoms with Crippen molar-refractivity contribution in [2.24, 2.45) is 5.73 Å². The molecule has 0 bridgehead atoms. The second-order valence-corrected chi connectivity index (χ2v) is 3.88. The molecule has 0 spiro atoms. The summed E-state index contributed by atoms with van der Waals surface area (Å²) in [6, 6.07) is 9.78. The molecule has 72 valence electrons. The second kappa shape index (κ2) is 3.77. The Hall–Kier alpha value is -1.39. The van der Waals surface area contributed by atoms with Crippen LogP contribution in [0.25, 0.3) is 10.4 Å². The molecular weight excluding hydrogens is 196 g/mol. The highest BCUT2D eigenvalue weighted by molar-refractivity contribution is 7.13. The summed E-state index contributed by atoms with van der Waals surface area (Å²) in [7, 11) is 0. The molecule has 3 nitrogen and oxygen atoms in total. The Morgan fingerprint density at radius 1 is 1.29 bits per heavy atom. The summed E-state index contributed by atoms with van der Waals surface area (Å²) >= 11 is 1.20. The van der Waals surface area contributed by atoms with Crippen LogP contribution in [0.3, 0.4) is 0 Å². The summed E-state index contributed by atoms with van der Waals surface area (Å²) < 4.78 is 0. The lowest BCUT2D eigenvalue weighted by Gasteiger charge is -1.98. The number of rotatable bonds is 2. The van der Waals surface area contributed by atoms with Gasteiger partial charge in [0.05, 0.1) is 10.6 Å². The largest absolute Gasteiger partial charge is 0.325 e. The fraction of sp³-hybridized carbons (Fsp3) is 0.100. The number of H-pyrrole nitrogens is 1. The molecule has 1 aromatic heterocycles. The molecule has 1 aromatic carbocycles. The van der Waals surface area contributed by atoms with Gasteiger partial charge in [0, 0.05) is 6.54 Å². The quantitative estimate of drug-likeness (QED) is 0.783. The number of hydrogen-bond acceptors (Lipinski definition) is 3. The van der Waals surface area contributed by atoms with E-state index in [4.69, 9.17) is 5.73 Å². The van der Waals surface area contributed by atoms with Crippen molar-refractivity contribution in [3.63, 3.8) is 0 Å². The standard InChI is InChI=1S/C10H10N2OS/c11-6-8-9(14-10(13)12-8)7-4-2-1-3-5-7/h1-5H,6,11H2,(H,12,13). The number of aromatic nitrogens is 1. The maximum atomic E-state index is 11.2. The minimum atomic E-state index is -0.0516. The van der Waals surface area contributed by atoms with Gasteiger partial charge in [0.15, 0.2) is 0 Å². The van der Waals surface area contributed by atoms with Crippen LogP contribution in [0.1, 0.15) is 5.69 Å². The average molecular weight is 206 g/mol. The first-order valence-corrected chi connectivity index (χ1v) is 5.10. The third-order valence-electron chi connectivity index (χ3n) is 1.96. The highest BCUT2D eigenvalue weighted by Gasteiger charge is 2.07. The molecule has 0 saturated carbocycles. The first-order valence-electron chi connectivity index (χ1n) is 4.28. The highest BCUT2D eigenvalue weighted by atomic mass is 32.1. The summed E-state index contributed by atoms with van der Waals surface area (Å²) in [5.74, 6) is 0. The number of nitrogens with two attached hydrogens (primary N) is 1. The zero-order valence-electron chi connectivity index (χ0n) is 7.49. The number of benzene rings is 1. The van der Waals surface area contributed by atoms with Crippen molar-refractivity contribution in [1.82, 2.24) is 4.98 Å². The maximum Gasteiger partial charge on any atom is 0.305 e. The molecule has 2 rings (SSSR count). The lowest BCUT2D eigenvalue weighted by Crippen LogP contribution is -2.01. The fourth-order valence-corrected chi connectivity index (χ4v) is 2.20. The Morgan fingerprint density at radius 3 is 2.64 bits per heavy atom. The molecule has 0 aliphatic heterocycles. The van der Waals surface area contributed by atoms with Crippen LogP contribution in [0.15, 0.2) is 35.1 Å². The van der Waals surface area contributed by atoms with Crippen LogP contribution >= 0.6 is 11.3 Å². The van der Waals surface area contributed by atoms with E-state index in [2.05, 4.69) is 4.98 Å². The van der Waals surface area contributed by atoms with Crippen molar-refractivity contribution < 1.29 is 0 Å². The molecule has 0 saturated heterocycles. The average Bonchev–Trinajstić information content (AvgIpc) is 2.61. The Bertz CT molecular complexity index is 472. The summed E-state index contributed by atoms with van der Waals surface area (Å²) in [6.07, 6.45) is 0. The van der Waals surface area contributed by atoms with E-state index in [0.29, 0.717) is 6.54 Å². The third kappa shape index (κ3) is 1.62. The minimum absolute atomic E-state index is 0.0516. The Morgan fingerprint density at radius 2 is 2.00 bits per heavy atom. The van der Waals surface area contributed by atoms with Gasteiger partial charge in [-0.05, 0) is 5.56 Å². The van der Waals surface area contributed by atoms with Crippen molar-refractivity contribution in [1.29, 1.82) is 0 Å². The Balaban J connectivity index is 2.56. The second-order valence-electron chi connectivity index (χ2n) is 2.89. The zero-order chi connectivity index (χ0) is 9.97. The molecule has 0 atom stereocenters. The van der Waals surface area contributed by atoms with Crippen LogP contribution in [-0.4, -0.2) is 4.98 Å². The van der Waals surface area contributed by atoms with Gasteiger partial charge >= 0.3 is 4.87 Å². The fourth-order valence-electron chi connectivity index (χ4n) is 1.33. The molecule has 0 aliphatic rings. The van der Waals surface area contributed by atoms with Gasteiger partial charge in [0.1, 0.15) is 0 Å². The maximum absolute atomic E-state index is 11.2. The molecular formula is C10H10N2OS. The number of hydrogen-bond donors (Lipinski definition) is 2. The van der Waals surface area contributed by atoms with Crippen LogP contribution in [0.5, 0.6) is 0 Å². The predicted molar refractivity (Wildman–Crippen MR) is 58.3 cm³/mol. The van der Waals surface area contributed by atoms with Crippen LogP contribution in [0.4, 0.5) is 0 Å². The lowest BCUT2D eigenvalue weighted by molar-refractivity contribution is 1.00. The van der Waals surface area contributed by atoms with E-state index in [9.17, 15) is 4.79 Å². The van der Waals surface area contributed by atoms with Crippen molar-refractivity contribution in [2.45, 2.75) is 6.54 Å². The number of thiazole rings is 1. The summed E-state index contributed by atoms with van der Waals surface area (Å²) in [5.41, 5.74) is 7.39. The molecule has 0 fully saturated rings. The molecule has 0 aliphatic carbocycles. The minimum Gasteiger partial charge on any atom is -0.325 e. The molecule has 14 heavy (non-hydrogen) atoms. The lowest BCUT2D eigenvalue weighted by atomic mass is 10.1. The van der Waals surface area contributed by atoms with Gasteiger partial charge in [-0.3, -0.25) is 4.79 Å². The van der Waals surface area contributed by atoms with Gasteiger partial charge in [0.2, 0.25) is 0 Å². The summed E-state index contributed by atoms with van der Waals surface area (Å²) in [5, 5.41) is 0. The molecule has 0 amide bonds. The topological polar surface area (TPSA) is 58.9 Å². The van der Waals surface area contributed by atoms with Gasteiger partial charge in [-0.15, -0.1) is 0 Å². The molecule has 0 radical (unpaired) electrons. The number of nitrogens with one attached hydrogen (secondary N) is 1. The van der Waals surface area contributed by atoms with Crippen LogP contribution in [-0.2, 0) is 6.54 Å². The van der Waals surface area contributed by atoms with Crippen LogP contribution in [0, 0.1) is 0 Å². The summed E-state index contributed by atoms with van der Waals surface area (Å²) in [6.45, 7) is 0.364. The van der Waals surface area contributed by atoms with E-state index in [-0.39, 0.29) is 4.87 Å². The van der Waals surface area contributed by atoms with Crippen molar-refractivity contribution in [3.8, 4) is 10.4 Å². The molecule has 1 heterocycles. The SMILES string of the molecule is NCc1[nH]c(=O)sc1-c1ccccc1. The summed E-state index contributed by atoms with van der Waals surface area (Å²) in [4.78, 5) is 14.8. The van der Waals surface area contributed by atoms with E-state index in [1.807, 2.05) is 30.3 Å². The highest BCUT2D eigenvalue weighted by Crippen LogP contribution is 2.24. The van der Waals surface area contributed by atoms with E-state index in [1.165, 1.54) is 11.3 Å². The van der Waals surface area contributed by atoms with Gasteiger partial charge in [-0.1, -0.05) is 41.7 Å². The Kier molecular flexibility index (Phi) is 2.47. The normalized spacial score (nSPS) is 10.4. The van der Waals surface area contributed by atoms with E-state index < -0.39 is 0 Å². The van der Waals surface area contributed by atoms with Gasteiger partial charge < -0.3 is 10.7 Å². The van der Waals surface area contributed by atoms with Crippen LogP contribution in [0.2, 0.25) is 0 Å². The molecule has 0 unspecified atom stereocenters. The van der Waals surface area contributed by atoms with E-state index >= 15 is 0 Å². The number of aromatic amines is 1. The van der Waals surface area contributed by atoms with E-state index in [1.54, 1.807) is 0 Å². The molecule has 4 heteroatoms. The first-order chi connectivity index (χ1) is 6.81. The predicted octanol–water partition coefficient (Wildman–Crippen LogP) is 1.56. The monoisotopic (exact) mass is 206 g/mol. The zero-order valence-corrected chi connectivity index (χ0v) is 8.30. The Labute approximate surface area is 85.2 Å². The smallest absolute Gasteiger partial charge is 0.305 e. The van der Waals surface area contributed by atoms with Crippen molar-refractivity contribution in [2.75, 3.05) is 0 Å². The van der Waals surface area contributed by atoms with Gasteiger partial charge in [-0.2, -0.15) is 0 Å². The van der Waals surface area contributed by atoms with Crippen molar-refractivity contribution >= 4 is 11.3 Å². The van der Waals surface area contributed by atoms with E-state index in [0.717, 1.165) is 16.1 Å². The van der Waals surface area contributed by atoms with Gasteiger partial charge in [0.25, 0.3) is 0 Å². The molecule has 3 N–H and O–H groups in total. The van der Waals surface area contributed by atoms with Crippen molar-refractivity contribution in [3.05, 3.63) is 45.7 Å². The first kappa shape index (κ1) is 9.18. The van der Waals surface area contributed by atoms with Gasteiger partial charge in [-0.25, -0.2) is 0 Å². The molecule has 2 aromatic rings.